The molecule has 112 valence electrons. The zero-order valence-corrected chi connectivity index (χ0v) is 12.9. The van der Waals surface area contributed by atoms with E-state index in [1.807, 2.05) is 0 Å². The van der Waals surface area contributed by atoms with Crippen LogP contribution in [0.2, 0.25) is 0 Å². The van der Waals surface area contributed by atoms with Crippen LogP contribution in [0.3, 0.4) is 0 Å². The molecule has 2 N–H and O–H groups in total. The maximum absolute atomic E-state index is 12.1. The minimum absolute atomic E-state index is 0.000325. The van der Waals surface area contributed by atoms with Crippen molar-refractivity contribution in [2.45, 2.75) is 17.9 Å². The first-order chi connectivity index (χ1) is 9.12. The summed E-state index contributed by atoms with van der Waals surface area (Å²) >= 11 is 0. The Morgan fingerprint density at radius 3 is 2.35 bits per heavy atom. The van der Waals surface area contributed by atoms with Crippen LogP contribution in [-0.2, 0) is 33.2 Å². The Morgan fingerprint density at radius 2 is 1.80 bits per heavy atom. The lowest BCUT2D eigenvalue weighted by Crippen LogP contribution is -2.42. The van der Waals surface area contributed by atoms with Crippen LogP contribution in [-0.4, -0.2) is 46.1 Å². The average Bonchev–Trinajstić information content (AvgIpc) is 2.36. The Morgan fingerprint density at radius 1 is 1.15 bits per heavy atom. The van der Waals surface area contributed by atoms with Gasteiger partial charge in [-0.25, -0.2) is 13.6 Å². The second kappa shape index (κ2) is 5.08. The van der Waals surface area contributed by atoms with Crippen molar-refractivity contribution in [2.75, 3.05) is 20.6 Å². The summed E-state index contributed by atoms with van der Waals surface area (Å²) in [4.78, 5) is 0.000325. The van der Waals surface area contributed by atoms with Crippen molar-refractivity contribution in [3.05, 3.63) is 29.3 Å². The Labute approximate surface area is 119 Å². The number of nitrogens with two attached hydrogens (primary N) is 1. The first-order valence-corrected chi connectivity index (χ1v) is 8.89. The molecule has 0 spiro atoms. The van der Waals surface area contributed by atoms with E-state index in [4.69, 9.17) is 5.14 Å². The molecule has 1 aromatic carbocycles. The normalized spacial score (nSPS) is 17.2. The van der Waals surface area contributed by atoms with E-state index >= 15 is 0 Å². The summed E-state index contributed by atoms with van der Waals surface area (Å²) in [6.07, 6.45) is 0.549. The fourth-order valence-electron chi connectivity index (χ4n) is 2.11. The molecule has 1 aliphatic rings. The monoisotopic (exact) mass is 319 g/mol. The van der Waals surface area contributed by atoms with E-state index < -0.39 is 20.2 Å². The van der Waals surface area contributed by atoms with Crippen LogP contribution in [0.15, 0.2) is 23.1 Å². The van der Waals surface area contributed by atoms with E-state index in [0.717, 1.165) is 9.87 Å². The minimum atomic E-state index is -3.78. The molecule has 0 radical (unpaired) electrons. The SMILES string of the molecule is CN(C)S(=O)(=O)N1CCc2ccc(S(N)(=O)=O)cc2C1. The summed E-state index contributed by atoms with van der Waals surface area (Å²) in [5.41, 5.74) is 1.62. The number of hydrogen-bond acceptors (Lipinski definition) is 4. The van der Waals surface area contributed by atoms with Crippen molar-refractivity contribution in [3.8, 4) is 0 Å². The first-order valence-electron chi connectivity index (χ1n) is 5.94. The van der Waals surface area contributed by atoms with Crippen LogP contribution in [0.5, 0.6) is 0 Å². The van der Waals surface area contributed by atoms with Crippen LogP contribution in [0.25, 0.3) is 0 Å². The molecule has 9 heteroatoms. The van der Waals surface area contributed by atoms with Crippen molar-refractivity contribution in [1.82, 2.24) is 8.61 Å². The number of rotatable bonds is 3. The van der Waals surface area contributed by atoms with Gasteiger partial charge >= 0.3 is 0 Å². The number of primary sulfonamides is 1. The lowest BCUT2D eigenvalue weighted by atomic mass is 10.0. The fraction of sp³-hybridized carbons (Fsp3) is 0.455. The highest BCUT2D eigenvalue weighted by atomic mass is 32.2. The Kier molecular flexibility index (Phi) is 3.91. The van der Waals surface area contributed by atoms with Crippen molar-refractivity contribution in [2.24, 2.45) is 5.14 Å². The van der Waals surface area contributed by atoms with E-state index in [0.29, 0.717) is 18.5 Å². The zero-order valence-electron chi connectivity index (χ0n) is 11.3. The molecule has 0 saturated heterocycles. The molecule has 0 aliphatic carbocycles. The van der Waals surface area contributed by atoms with Gasteiger partial charge in [0, 0.05) is 27.2 Å². The van der Waals surface area contributed by atoms with Crippen molar-refractivity contribution in [3.63, 3.8) is 0 Å². The lowest BCUT2D eigenvalue weighted by Gasteiger charge is -2.30. The van der Waals surface area contributed by atoms with Crippen molar-refractivity contribution < 1.29 is 16.8 Å². The highest BCUT2D eigenvalue weighted by molar-refractivity contribution is 7.89. The third-order valence-electron chi connectivity index (χ3n) is 3.27. The molecule has 0 bridgehead atoms. The predicted molar refractivity (Wildman–Crippen MR) is 74.5 cm³/mol. The minimum Gasteiger partial charge on any atom is -0.225 e. The van der Waals surface area contributed by atoms with E-state index in [-0.39, 0.29) is 11.4 Å². The number of benzene rings is 1. The van der Waals surface area contributed by atoms with Gasteiger partial charge in [-0.05, 0) is 29.7 Å². The maximum atomic E-state index is 12.1. The number of nitrogens with zero attached hydrogens (tertiary/aromatic N) is 2. The van der Waals surface area contributed by atoms with Gasteiger partial charge in [-0.3, -0.25) is 0 Å². The Bertz CT molecular complexity index is 726. The maximum Gasteiger partial charge on any atom is 0.281 e. The molecule has 2 rings (SSSR count). The van der Waals surface area contributed by atoms with Gasteiger partial charge in [0.15, 0.2) is 0 Å². The predicted octanol–water partition coefficient (Wildman–Crippen LogP) is -0.501. The number of sulfonamides is 1. The summed E-state index contributed by atoms with van der Waals surface area (Å²) in [7, 11) is -4.36. The van der Waals surface area contributed by atoms with Gasteiger partial charge in [-0.1, -0.05) is 6.07 Å². The second-order valence-electron chi connectivity index (χ2n) is 4.85. The van der Waals surface area contributed by atoms with E-state index in [1.165, 1.54) is 30.5 Å². The van der Waals surface area contributed by atoms with Gasteiger partial charge in [0.25, 0.3) is 10.2 Å². The Balaban J connectivity index is 2.39. The molecular weight excluding hydrogens is 302 g/mol. The largest absolute Gasteiger partial charge is 0.281 e. The van der Waals surface area contributed by atoms with Crippen LogP contribution >= 0.6 is 0 Å². The standard InChI is InChI=1S/C11H17N3O4S2/c1-13(2)20(17,18)14-6-5-9-3-4-11(19(12,15)16)7-10(9)8-14/h3-4,7H,5-6,8H2,1-2H3,(H2,12,15,16). The molecule has 0 aromatic heterocycles. The van der Waals surface area contributed by atoms with Crippen molar-refractivity contribution >= 4 is 20.2 Å². The third kappa shape index (κ3) is 2.86. The summed E-state index contributed by atoms with van der Waals surface area (Å²) in [6.45, 7) is 0.529. The lowest BCUT2D eigenvalue weighted by molar-refractivity contribution is 0.358. The van der Waals surface area contributed by atoms with E-state index in [1.54, 1.807) is 6.07 Å². The van der Waals surface area contributed by atoms with Crippen LogP contribution in [0.4, 0.5) is 0 Å². The van der Waals surface area contributed by atoms with Gasteiger partial charge < -0.3 is 0 Å². The van der Waals surface area contributed by atoms with Gasteiger partial charge in [-0.15, -0.1) is 0 Å². The molecular formula is C11H17N3O4S2. The van der Waals surface area contributed by atoms with E-state index in [2.05, 4.69) is 0 Å². The smallest absolute Gasteiger partial charge is 0.225 e. The van der Waals surface area contributed by atoms with Gasteiger partial charge in [0.2, 0.25) is 10.0 Å². The molecule has 20 heavy (non-hydrogen) atoms. The topological polar surface area (TPSA) is 101 Å². The van der Waals surface area contributed by atoms with Crippen LogP contribution < -0.4 is 5.14 Å². The zero-order chi connectivity index (χ0) is 15.1. The Hall–Kier alpha value is -1.00. The van der Waals surface area contributed by atoms with Gasteiger partial charge in [0.05, 0.1) is 4.90 Å². The molecule has 0 atom stereocenters. The highest BCUT2D eigenvalue weighted by Crippen LogP contribution is 2.24. The molecule has 7 nitrogen and oxygen atoms in total. The first kappa shape index (κ1) is 15.4. The summed E-state index contributed by atoms with van der Waals surface area (Å²) in [6, 6.07) is 4.58. The number of fused-ring (bicyclic) bond motifs is 1. The summed E-state index contributed by atoms with van der Waals surface area (Å²) in [5.74, 6) is 0. The molecule has 1 heterocycles. The van der Waals surface area contributed by atoms with E-state index in [9.17, 15) is 16.8 Å². The molecule has 1 aromatic rings. The summed E-state index contributed by atoms with van der Waals surface area (Å²) in [5, 5.41) is 5.09. The quantitative estimate of drug-likeness (QED) is 0.811. The second-order valence-corrected chi connectivity index (χ2v) is 8.55. The van der Waals surface area contributed by atoms with Crippen LogP contribution in [0, 0.1) is 0 Å². The van der Waals surface area contributed by atoms with Gasteiger partial charge in [0.1, 0.15) is 0 Å². The van der Waals surface area contributed by atoms with Crippen LogP contribution in [0.1, 0.15) is 11.1 Å². The number of hydrogen-bond donors (Lipinski definition) is 1. The molecule has 0 fully saturated rings. The molecule has 0 unspecified atom stereocenters. The average molecular weight is 319 g/mol. The summed E-state index contributed by atoms with van der Waals surface area (Å²) < 4.78 is 49.3. The van der Waals surface area contributed by atoms with Gasteiger partial charge in [-0.2, -0.15) is 17.0 Å². The fourth-order valence-corrected chi connectivity index (χ4v) is 3.76. The molecule has 0 amide bonds. The molecule has 0 saturated carbocycles. The van der Waals surface area contributed by atoms with Crippen molar-refractivity contribution in [1.29, 1.82) is 0 Å². The highest BCUT2D eigenvalue weighted by Gasteiger charge is 2.28. The molecule has 1 aliphatic heterocycles. The third-order valence-corrected chi connectivity index (χ3v) is 6.07.